The topological polar surface area (TPSA) is 87.6 Å². The number of pyridine rings is 1. The molecule has 2 rings (SSSR count). The average molecular weight is 386 g/mol. The number of hydrogen-bond acceptors (Lipinski definition) is 6. The van der Waals surface area contributed by atoms with E-state index in [1.54, 1.807) is 13.3 Å². The molecule has 1 heterocycles. The Labute approximate surface area is 167 Å². The van der Waals surface area contributed by atoms with Gasteiger partial charge in [-0.1, -0.05) is 5.57 Å². The van der Waals surface area contributed by atoms with Crippen molar-refractivity contribution in [2.75, 3.05) is 30.9 Å². The Morgan fingerprint density at radius 3 is 2.54 bits per heavy atom. The third kappa shape index (κ3) is 5.92. The van der Waals surface area contributed by atoms with Crippen molar-refractivity contribution in [3.8, 4) is 0 Å². The lowest BCUT2D eigenvalue weighted by Gasteiger charge is -2.18. The molecule has 0 spiro atoms. The second-order valence-corrected chi connectivity index (χ2v) is 7.50. The lowest BCUT2D eigenvalue weighted by atomic mass is 10.0. The number of carbonyl (C=O) groups is 1. The largest absolute Gasteiger partial charge is 0.383 e. The van der Waals surface area contributed by atoms with Crippen LogP contribution in [0.4, 0.5) is 11.5 Å². The molecule has 3 N–H and O–H groups in total. The normalized spacial score (nSPS) is 15.2. The molecule has 0 aromatic carbocycles. The Balaban J connectivity index is 2.13. The Bertz CT molecular complexity index is 772. The Morgan fingerprint density at radius 2 is 2.04 bits per heavy atom. The first-order valence-corrected chi connectivity index (χ1v) is 9.43. The number of nitrogens with zero attached hydrogens (tertiary/aromatic N) is 2. The standard InChI is InChI=1S/C21H31N5O2/c1-14(2)18(15(3)19(22-5)26-21(4)9-10-21)20(27)25-16-7-8-17(24-13-16)23-11-12-28-6/h7-8,13,26H,5,9-12H2,1-4,6H3,(H,23,24)(H,25,27)/b19-15-. The molecule has 7 heteroatoms. The predicted molar refractivity (Wildman–Crippen MR) is 115 cm³/mol. The van der Waals surface area contributed by atoms with Gasteiger partial charge in [0.15, 0.2) is 0 Å². The molecule has 152 valence electrons. The highest BCUT2D eigenvalue weighted by Gasteiger charge is 2.38. The predicted octanol–water partition coefficient (Wildman–Crippen LogP) is 3.49. The van der Waals surface area contributed by atoms with Gasteiger partial charge < -0.3 is 20.7 Å². The van der Waals surface area contributed by atoms with E-state index in [1.165, 1.54) is 0 Å². The summed E-state index contributed by atoms with van der Waals surface area (Å²) in [5.74, 6) is 1.19. The van der Waals surface area contributed by atoms with Crippen molar-refractivity contribution in [1.82, 2.24) is 10.3 Å². The third-order valence-electron chi connectivity index (χ3n) is 4.67. The highest BCUT2D eigenvalue weighted by Crippen LogP contribution is 2.36. The van der Waals surface area contributed by atoms with Crippen molar-refractivity contribution >= 4 is 24.1 Å². The monoisotopic (exact) mass is 385 g/mol. The fourth-order valence-corrected chi connectivity index (χ4v) is 2.79. The van der Waals surface area contributed by atoms with Gasteiger partial charge in [-0.3, -0.25) is 4.79 Å². The van der Waals surface area contributed by atoms with Crippen LogP contribution in [-0.2, 0) is 9.53 Å². The molecule has 0 saturated heterocycles. The molecule has 1 fully saturated rings. The number of aliphatic imine (C=N–C) groups is 1. The van der Waals surface area contributed by atoms with Crippen LogP contribution in [0.1, 0.15) is 40.5 Å². The maximum absolute atomic E-state index is 12.9. The molecule has 1 aliphatic rings. The van der Waals surface area contributed by atoms with Gasteiger partial charge in [0.1, 0.15) is 11.6 Å². The van der Waals surface area contributed by atoms with Crippen LogP contribution in [0, 0.1) is 0 Å². The third-order valence-corrected chi connectivity index (χ3v) is 4.67. The van der Waals surface area contributed by atoms with Gasteiger partial charge in [0.25, 0.3) is 5.91 Å². The average Bonchev–Trinajstić information content (AvgIpc) is 3.38. The molecule has 0 radical (unpaired) electrons. The molecule has 1 amide bonds. The summed E-state index contributed by atoms with van der Waals surface area (Å²) in [4.78, 5) is 21.4. The number of amides is 1. The molecule has 0 atom stereocenters. The Kier molecular flexibility index (Phi) is 7.34. The number of aromatic nitrogens is 1. The van der Waals surface area contributed by atoms with E-state index in [2.05, 4.69) is 39.6 Å². The summed E-state index contributed by atoms with van der Waals surface area (Å²) in [5, 5.41) is 9.47. The van der Waals surface area contributed by atoms with E-state index in [0.717, 1.165) is 29.8 Å². The second kappa shape index (κ2) is 9.50. The van der Waals surface area contributed by atoms with Crippen LogP contribution in [0.2, 0.25) is 0 Å². The van der Waals surface area contributed by atoms with Gasteiger partial charge in [-0.2, -0.15) is 0 Å². The Hall–Kier alpha value is -2.67. The summed E-state index contributed by atoms with van der Waals surface area (Å²) in [6.45, 7) is 12.8. The van der Waals surface area contributed by atoms with Gasteiger partial charge >= 0.3 is 0 Å². The second-order valence-electron chi connectivity index (χ2n) is 7.50. The van der Waals surface area contributed by atoms with E-state index in [1.807, 2.05) is 32.9 Å². The summed E-state index contributed by atoms with van der Waals surface area (Å²) >= 11 is 0. The minimum Gasteiger partial charge on any atom is -0.383 e. The van der Waals surface area contributed by atoms with Crippen LogP contribution in [-0.4, -0.2) is 43.4 Å². The van der Waals surface area contributed by atoms with Crippen molar-refractivity contribution in [1.29, 1.82) is 0 Å². The van der Waals surface area contributed by atoms with Crippen molar-refractivity contribution in [2.45, 2.75) is 46.1 Å². The molecule has 7 nitrogen and oxygen atoms in total. The zero-order chi connectivity index (χ0) is 20.7. The quantitative estimate of drug-likeness (QED) is 0.248. The lowest BCUT2D eigenvalue weighted by Crippen LogP contribution is -2.28. The van der Waals surface area contributed by atoms with Gasteiger partial charge in [0.2, 0.25) is 0 Å². The first-order valence-electron chi connectivity index (χ1n) is 9.43. The van der Waals surface area contributed by atoms with Gasteiger partial charge in [0.05, 0.1) is 18.5 Å². The minimum absolute atomic E-state index is 0.0522. The molecule has 0 unspecified atom stereocenters. The number of nitrogens with one attached hydrogen (secondary N) is 3. The van der Waals surface area contributed by atoms with E-state index in [9.17, 15) is 4.79 Å². The lowest BCUT2D eigenvalue weighted by molar-refractivity contribution is -0.112. The molecule has 28 heavy (non-hydrogen) atoms. The van der Waals surface area contributed by atoms with Crippen LogP contribution in [0.3, 0.4) is 0 Å². The fraction of sp³-hybridized carbons (Fsp3) is 0.476. The maximum atomic E-state index is 12.9. The van der Waals surface area contributed by atoms with Gasteiger partial charge in [-0.05, 0) is 59.4 Å². The van der Waals surface area contributed by atoms with Crippen LogP contribution in [0.15, 0.2) is 45.9 Å². The smallest absolute Gasteiger partial charge is 0.256 e. The van der Waals surface area contributed by atoms with E-state index >= 15 is 0 Å². The number of hydrogen-bond donors (Lipinski definition) is 3. The molecule has 1 saturated carbocycles. The SMILES string of the molecule is C=N/C(NC1(C)CC1)=C(\C)C(C(=O)Nc1ccc(NCCOC)nc1)=C(C)C. The zero-order valence-electron chi connectivity index (χ0n) is 17.5. The van der Waals surface area contributed by atoms with Crippen molar-refractivity contribution < 1.29 is 9.53 Å². The Morgan fingerprint density at radius 1 is 1.32 bits per heavy atom. The summed E-state index contributed by atoms with van der Waals surface area (Å²) in [7, 11) is 1.65. The van der Waals surface area contributed by atoms with Crippen LogP contribution in [0.25, 0.3) is 0 Å². The van der Waals surface area contributed by atoms with Gasteiger partial charge in [0, 0.05) is 30.3 Å². The number of methoxy groups -OCH3 is 1. The first kappa shape index (κ1) is 21.6. The highest BCUT2D eigenvalue weighted by atomic mass is 16.5. The van der Waals surface area contributed by atoms with E-state index in [-0.39, 0.29) is 11.4 Å². The van der Waals surface area contributed by atoms with E-state index < -0.39 is 0 Å². The molecule has 1 aromatic rings. The number of ether oxygens (including phenoxy) is 1. The molecule has 1 aromatic heterocycles. The molecule has 0 bridgehead atoms. The number of anilines is 2. The summed E-state index contributed by atoms with van der Waals surface area (Å²) in [5.41, 5.74) is 2.97. The van der Waals surface area contributed by atoms with E-state index in [4.69, 9.17) is 4.74 Å². The number of rotatable bonds is 10. The summed E-state index contributed by atoms with van der Waals surface area (Å²) < 4.78 is 5.00. The number of carbonyl (C=O) groups excluding carboxylic acids is 1. The summed E-state index contributed by atoms with van der Waals surface area (Å²) in [6, 6.07) is 3.64. The van der Waals surface area contributed by atoms with Crippen LogP contribution < -0.4 is 16.0 Å². The molecule has 1 aliphatic carbocycles. The highest BCUT2D eigenvalue weighted by molar-refractivity contribution is 6.07. The molecular formula is C21H31N5O2. The van der Waals surface area contributed by atoms with Crippen LogP contribution in [0.5, 0.6) is 0 Å². The molecular weight excluding hydrogens is 354 g/mol. The fourth-order valence-electron chi connectivity index (χ4n) is 2.79. The van der Waals surface area contributed by atoms with Crippen molar-refractivity contribution in [3.05, 3.63) is 40.9 Å². The first-order chi connectivity index (χ1) is 13.3. The van der Waals surface area contributed by atoms with Gasteiger partial charge in [-0.15, -0.1) is 0 Å². The number of allylic oxidation sites excluding steroid dienone is 1. The maximum Gasteiger partial charge on any atom is 0.256 e. The minimum atomic E-state index is -0.191. The molecule has 0 aliphatic heterocycles. The van der Waals surface area contributed by atoms with Gasteiger partial charge in [-0.25, -0.2) is 9.98 Å². The summed E-state index contributed by atoms with van der Waals surface area (Å²) in [6.07, 6.45) is 3.81. The van der Waals surface area contributed by atoms with Crippen molar-refractivity contribution in [2.24, 2.45) is 4.99 Å². The van der Waals surface area contributed by atoms with Crippen molar-refractivity contribution in [3.63, 3.8) is 0 Å². The van der Waals surface area contributed by atoms with E-state index in [0.29, 0.717) is 30.2 Å². The zero-order valence-corrected chi connectivity index (χ0v) is 17.5. The van der Waals surface area contributed by atoms with Crippen LogP contribution >= 0.6 is 0 Å².